The van der Waals surface area contributed by atoms with Crippen molar-refractivity contribution in [1.82, 2.24) is 0 Å². The lowest BCUT2D eigenvalue weighted by molar-refractivity contribution is -0.157. The van der Waals surface area contributed by atoms with Crippen LogP contribution in [0.15, 0.2) is 12.2 Å². The SMILES string of the molecule is CC[C@H]1CC[C@H](C(=O)OC2CCC(/C=C/C=O)CC2)CC1. The first-order valence-corrected chi connectivity index (χ1v) is 8.55. The highest BCUT2D eigenvalue weighted by atomic mass is 16.5. The van der Waals surface area contributed by atoms with Gasteiger partial charge in [-0.15, -0.1) is 0 Å². The van der Waals surface area contributed by atoms with Crippen molar-refractivity contribution in [2.75, 3.05) is 0 Å². The van der Waals surface area contributed by atoms with Crippen LogP contribution >= 0.6 is 0 Å². The monoisotopic (exact) mass is 292 g/mol. The zero-order chi connectivity index (χ0) is 15.1. The Bertz CT molecular complexity index is 359. The van der Waals surface area contributed by atoms with E-state index in [9.17, 15) is 9.59 Å². The molecule has 0 bridgehead atoms. The van der Waals surface area contributed by atoms with Crippen LogP contribution in [0.1, 0.15) is 64.7 Å². The second kappa shape index (κ2) is 8.35. The van der Waals surface area contributed by atoms with Crippen LogP contribution in [0, 0.1) is 17.8 Å². The van der Waals surface area contributed by atoms with Crippen molar-refractivity contribution in [2.45, 2.75) is 70.8 Å². The van der Waals surface area contributed by atoms with Gasteiger partial charge in [-0.2, -0.15) is 0 Å². The molecule has 3 nitrogen and oxygen atoms in total. The fourth-order valence-corrected chi connectivity index (χ4v) is 3.67. The number of carbonyl (C=O) groups is 2. The normalized spacial score (nSPS) is 33.8. The van der Waals surface area contributed by atoms with Crippen LogP contribution in [0.4, 0.5) is 0 Å². The van der Waals surface area contributed by atoms with Crippen LogP contribution in [-0.2, 0) is 14.3 Å². The third-order valence-corrected chi connectivity index (χ3v) is 5.22. The molecule has 0 aromatic carbocycles. The highest BCUT2D eigenvalue weighted by molar-refractivity contribution is 5.72. The number of aldehydes is 1. The maximum Gasteiger partial charge on any atom is 0.309 e. The molecule has 0 heterocycles. The first kappa shape index (κ1) is 16.3. The molecule has 2 aliphatic carbocycles. The molecule has 0 atom stereocenters. The van der Waals surface area contributed by atoms with E-state index in [0.717, 1.165) is 50.7 Å². The summed E-state index contributed by atoms with van der Waals surface area (Å²) in [5, 5.41) is 0. The van der Waals surface area contributed by atoms with Crippen molar-refractivity contribution in [3.8, 4) is 0 Å². The quantitative estimate of drug-likeness (QED) is 0.436. The van der Waals surface area contributed by atoms with E-state index in [-0.39, 0.29) is 18.0 Å². The lowest BCUT2D eigenvalue weighted by Gasteiger charge is -2.30. The van der Waals surface area contributed by atoms with E-state index in [0.29, 0.717) is 5.92 Å². The van der Waals surface area contributed by atoms with Crippen molar-refractivity contribution in [3.05, 3.63) is 12.2 Å². The molecule has 2 saturated carbocycles. The van der Waals surface area contributed by atoms with Crippen molar-refractivity contribution in [3.63, 3.8) is 0 Å². The third kappa shape index (κ3) is 4.98. The standard InChI is InChI=1S/C18H28O3/c1-2-14-5-9-16(10-6-14)18(20)21-17-11-7-15(8-12-17)4-3-13-19/h3-4,13-17H,2,5-12H2,1H3/b4-3+/t14-,15?,16-,17?. The summed E-state index contributed by atoms with van der Waals surface area (Å²) in [4.78, 5) is 22.6. The molecule has 118 valence electrons. The number of ether oxygens (including phenoxy) is 1. The molecule has 0 amide bonds. The number of allylic oxidation sites excluding steroid dienone is 2. The van der Waals surface area contributed by atoms with Crippen LogP contribution in [0.2, 0.25) is 0 Å². The predicted octanol–water partition coefficient (Wildman–Crippen LogP) is 4.06. The minimum atomic E-state index is 0.0384. The van der Waals surface area contributed by atoms with E-state index < -0.39 is 0 Å². The fourth-order valence-electron chi connectivity index (χ4n) is 3.67. The zero-order valence-electron chi connectivity index (χ0n) is 13.1. The Balaban J connectivity index is 1.70. The maximum atomic E-state index is 12.2. The van der Waals surface area contributed by atoms with E-state index in [4.69, 9.17) is 4.74 Å². The van der Waals surface area contributed by atoms with Crippen molar-refractivity contribution >= 4 is 12.3 Å². The van der Waals surface area contributed by atoms with Crippen LogP contribution in [0.5, 0.6) is 0 Å². The Morgan fingerprint density at radius 1 is 1.05 bits per heavy atom. The smallest absolute Gasteiger partial charge is 0.309 e. The number of esters is 1. The second-order valence-corrected chi connectivity index (χ2v) is 6.62. The minimum Gasteiger partial charge on any atom is -0.462 e. The Morgan fingerprint density at radius 3 is 2.29 bits per heavy atom. The molecule has 0 aliphatic heterocycles. The summed E-state index contributed by atoms with van der Waals surface area (Å²) in [6.45, 7) is 2.24. The van der Waals surface area contributed by atoms with Gasteiger partial charge >= 0.3 is 5.97 Å². The first-order valence-electron chi connectivity index (χ1n) is 8.55. The number of hydrogen-bond acceptors (Lipinski definition) is 3. The van der Waals surface area contributed by atoms with E-state index in [2.05, 4.69) is 6.92 Å². The van der Waals surface area contributed by atoms with Gasteiger partial charge in [0.25, 0.3) is 0 Å². The molecule has 0 aromatic heterocycles. The zero-order valence-corrected chi connectivity index (χ0v) is 13.1. The molecule has 0 radical (unpaired) electrons. The Hall–Kier alpha value is -1.12. The molecular formula is C18H28O3. The maximum absolute atomic E-state index is 12.2. The van der Waals surface area contributed by atoms with Gasteiger partial charge in [0, 0.05) is 0 Å². The van der Waals surface area contributed by atoms with Gasteiger partial charge in [-0.05, 0) is 69.3 Å². The summed E-state index contributed by atoms with van der Waals surface area (Å²) in [7, 11) is 0. The summed E-state index contributed by atoms with van der Waals surface area (Å²) in [6.07, 6.45) is 14.0. The predicted molar refractivity (Wildman–Crippen MR) is 82.8 cm³/mol. The Morgan fingerprint density at radius 2 is 1.71 bits per heavy atom. The van der Waals surface area contributed by atoms with E-state index in [1.165, 1.54) is 19.3 Å². The van der Waals surface area contributed by atoms with Gasteiger partial charge in [0.2, 0.25) is 0 Å². The van der Waals surface area contributed by atoms with Gasteiger partial charge < -0.3 is 4.74 Å². The summed E-state index contributed by atoms with van der Waals surface area (Å²) in [5.74, 6) is 1.47. The van der Waals surface area contributed by atoms with E-state index in [1.54, 1.807) is 6.08 Å². The first-order chi connectivity index (χ1) is 10.2. The molecule has 0 unspecified atom stereocenters. The van der Waals surface area contributed by atoms with Gasteiger partial charge in [0.15, 0.2) is 0 Å². The lowest BCUT2D eigenvalue weighted by atomic mass is 9.81. The molecule has 2 aliphatic rings. The summed E-state index contributed by atoms with van der Waals surface area (Å²) >= 11 is 0. The minimum absolute atomic E-state index is 0.0384. The largest absolute Gasteiger partial charge is 0.462 e. The summed E-state index contributed by atoms with van der Waals surface area (Å²) in [6, 6.07) is 0. The molecule has 2 rings (SSSR count). The third-order valence-electron chi connectivity index (χ3n) is 5.22. The van der Waals surface area contributed by atoms with Gasteiger partial charge in [-0.3, -0.25) is 9.59 Å². The van der Waals surface area contributed by atoms with Crippen LogP contribution in [-0.4, -0.2) is 18.4 Å². The average Bonchev–Trinajstić information content (AvgIpc) is 2.54. The van der Waals surface area contributed by atoms with Gasteiger partial charge in [0.05, 0.1) is 5.92 Å². The Kier molecular flexibility index (Phi) is 6.47. The molecular weight excluding hydrogens is 264 g/mol. The highest BCUT2D eigenvalue weighted by Crippen LogP contribution is 2.33. The second-order valence-electron chi connectivity index (χ2n) is 6.62. The van der Waals surface area contributed by atoms with Crippen LogP contribution in [0.3, 0.4) is 0 Å². The summed E-state index contributed by atoms with van der Waals surface area (Å²) in [5.41, 5.74) is 0. The molecule has 3 heteroatoms. The Labute approximate surface area is 128 Å². The van der Waals surface area contributed by atoms with Gasteiger partial charge in [-0.1, -0.05) is 19.4 Å². The van der Waals surface area contributed by atoms with E-state index in [1.807, 2.05) is 6.08 Å². The van der Waals surface area contributed by atoms with Crippen LogP contribution < -0.4 is 0 Å². The van der Waals surface area contributed by atoms with E-state index >= 15 is 0 Å². The van der Waals surface area contributed by atoms with Crippen molar-refractivity contribution in [1.29, 1.82) is 0 Å². The molecule has 0 aromatic rings. The molecule has 0 N–H and O–H groups in total. The average molecular weight is 292 g/mol. The molecule has 0 saturated heterocycles. The lowest BCUT2D eigenvalue weighted by Crippen LogP contribution is -2.29. The molecule has 0 spiro atoms. The highest BCUT2D eigenvalue weighted by Gasteiger charge is 2.29. The van der Waals surface area contributed by atoms with Crippen LogP contribution in [0.25, 0.3) is 0 Å². The number of carbonyl (C=O) groups excluding carboxylic acids is 2. The molecule has 21 heavy (non-hydrogen) atoms. The topological polar surface area (TPSA) is 43.4 Å². The molecule has 2 fully saturated rings. The number of hydrogen-bond donors (Lipinski definition) is 0. The van der Waals surface area contributed by atoms with Crippen molar-refractivity contribution in [2.24, 2.45) is 17.8 Å². The summed E-state index contributed by atoms with van der Waals surface area (Å²) < 4.78 is 5.72. The fraction of sp³-hybridized carbons (Fsp3) is 0.778. The van der Waals surface area contributed by atoms with Crippen molar-refractivity contribution < 1.29 is 14.3 Å². The van der Waals surface area contributed by atoms with Gasteiger partial charge in [-0.25, -0.2) is 0 Å². The van der Waals surface area contributed by atoms with Gasteiger partial charge in [0.1, 0.15) is 12.4 Å². The number of rotatable bonds is 5.